The third-order valence-corrected chi connectivity index (χ3v) is 11.1. The number of nitrogens with one attached hydrogen (secondary N) is 1. The van der Waals surface area contributed by atoms with Crippen LogP contribution in [0.25, 0.3) is 0 Å². The Balaban J connectivity index is 1.33. The van der Waals surface area contributed by atoms with E-state index in [9.17, 15) is 19.2 Å². The summed E-state index contributed by atoms with van der Waals surface area (Å²) in [5.41, 5.74) is 0. The fraction of sp³-hybridized carbons (Fsp3) is 0.545. The molecule has 1 N–H and O–H groups in total. The molecule has 2 amide bonds. The number of nitrogens with zero attached hydrogens (tertiary/aromatic N) is 1. The molecule has 4 aliphatic rings. The molecule has 10 heteroatoms. The number of imide groups is 1. The van der Waals surface area contributed by atoms with Crippen LogP contribution < -0.4 is 4.87 Å². The number of aromatic nitrogens is 1. The van der Waals surface area contributed by atoms with Crippen LogP contribution in [0.15, 0.2) is 27.3 Å². The Morgan fingerprint density at radius 3 is 2.72 bits per heavy atom. The van der Waals surface area contributed by atoms with Crippen LogP contribution >= 0.6 is 34.4 Å². The molecule has 2 saturated carbocycles. The van der Waals surface area contributed by atoms with Gasteiger partial charge in [0.05, 0.1) is 29.9 Å². The van der Waals surface area contributed by atoms with E-state index in [0.29, 0.717) is 0 Å². The van der Waals surface area contributed by atoms with Crippen LogP contribution in [0.1, 0.15) is 35.4 Å². The third-order valence-electron chi connectivity index (χ3n) is 7.51. The van der Waals surface area contributed by atoms with Gasteiger partial charge in [0.15, 0.2) is 0 Å². The van der Waals surface area contributed by atoms with Crippen molar-refractivity contribution in [3.05, 3.63) is 36.9 Å². The number of hydrogen-bond donors (Lipinski definition) is 1. The van der Waals surface area contributed by atoms with E-state index >= 15 is 0 Å². The molecule has 168 valence electrons. The average molecular weight is 491 g/mol. The molecule has 0 unspecified atom stereocenters. The highest BCUT2D eigenvalue weighted by Gasteiger charge is 2.69. The summed E-state index contributed by atoms with van der Waals surface area (Å²) in [5, 5.41) is 3.19. The first-order chi connectivity index (χ1) is 15.5. The largest absolute Gasteiger partial charge is 0.466 e. The molecule has 7 nitrogen and oxygen atoms in total. The van der Waals surface area contributed by atoms with E-state index in [1.54, 1.807) is 30.0 Å². The van der Waals surface area contributed by atoms with Crippen molar-refractivity contribution in [2.75, 3.05) is 13.2 Å². The summed E-state index contributed by atoms with van der Waals surface area (Å²) in [6.45, 7) is 2.12. The Kier molecular flexibility index (Phi) is 4.89. The number of carbonyl (C=O) groups is 3. The fourth-order valence-corrected chi connectivity index (χ4v) is 10.4. The molecule has 2 aromatic heterocycles. The lowest BCUT2D eigenvalue weighted by atomic mass is 9.69. The van der Waals surface area contributed by atoms with E-state index < -0.39 is 0 Å². The molecule has 2 aliphatic heterocycles. The smallest absolute Gasteiger partial charge is 0.307 e. The van der Waals surface area contributed by atoms with Gasteiger partial charge in [-0.1, -0.05) is 17.4 Å². The number of thioether (sulfide) groups is 1. The molecule has 7 atom stereocenters. The highest BCUT2D eigenvalue weighted by molar-refractivity contribution is 8.00. The zero-order chi connectivity index (χ0) is 22.1. The summed E-state index contributed by atoms with van der Waals surface area (Å²) in [6.07, 6.45) is 0.917. The zero-order valence-corrected chi connectivity index (χ0v) is 19.8. The van der Waals surface area contributed by atoms with Gasteiger partial charge < -0.3 is 9.72 Å². The van der Waals surface area contributed by atoms with Gasteiger partial charge in [0.1, 0.15) is 0 Å². The number of amides is 2. The van der Waals surface area contributed by atoms with Crippen molar-refractivity contribution in [1.29, 1.82) is 0 Å². The first kappa shape index (κ1) is 20.7. The van der Waals surface area contributed by atoms with Crippen molar-refractivity contribution in [3.63, 3.8) is 0 Å². The molecule has 0 radical (unpaired) electrons. The number of likely N-dealkylation sites (tertiary alicyclic amines) is 1. The Morgan fingerprint density at radius 1 is 1.22 bits per heavy atom. The number of rotatable bonds is 5. The van der Waals surface area contributed by atoms with Crippen LogP contribution in [-0.4, -0.2) is 46.1 Å². The van der Waals surface area contributed by atoms with Crippen molar-refractivity contribution < 1.29 is 19.1 Å². The second kappa shape index (κ2) is 7.56. The SMILES string of the molecule is CCOC(=O)CCN1C(=O)[C@@H]2[C@H]3C[C@@H]([C@@H]2C1=O)[C@@H]1[C@@H](c2cccs2)c2sc(=O)[nH]c2S[C@@H]31. The van der Waals surface area contributed by atoms with E-state index in [1.807, 2.05) is 6.07 Å². The minimum Gasteiger partial charge on any atom is -0.466 e. The number of thiazole rings is 1. The number of ether oxygens (including phenoxy) is 1. The molecule has 4 heterocycles. The lowest BCUT2D eigenvalue weighted by molar-refractivity contribution is -0.145. The topological polar surface area (TPSA) is 96.5 Å². The third kappa shape index (κ3) is 2.85. The monoisotopic (exact) mass is 490 g/mol. The summed E-state index contributed by atoms with van der Waals surface area (Å²) in [7, 11) is 0. The maximum absolute atomic E-state index is 13.4. The van der Waals surface area contributed by atoms with E-state index in [4.69, 9.17) is 4.74 Å². The summed E-state index contributed by atoms with van der Waals surface area (Å²) in [5.74, 6) is -0.712. The second-order valence-electron chi connectivity index (χ2n) is 8.86. The Bertz CT molecular complexity index is 1150. The Labute approximate surface area is 196 Å². The highest BCUT2D eigenvalue weighted by atomic mass is 32.2. The predicted octanol–water partition coefficient (Wildman–Crippen LogP) is 2.92. The average Bonchev–Trinajstić information content (AvgIpc) is 3.55. The fourth-order valence-electron chi connectivity index (χ4n) is 6.52. The molecule has 2 aromatic rings. The number of fused-ring (bicyclic) bond motifs is 9. The van der Waals surface area contributed by atoms with E-state index in [2.05, 4.69) is 16.4 Å². The lowest BCUT2D eigenvalue weighted by Crippen LogP contribution is -2.42. The summed E-state index contributed by atoms with van der Waals surface area (Å²) in [4.78, 5) is 57.2. The zero-order valence-electron chi connectivity index (χ0n) is 17.3. The number of thiophene rings is 1. The quantitative estimate of drug-likeness (QED) is 0.511. The van der Waals surface area contributed by atoms with Gasteiger partial charge in [-0.25, -0.2) is 0 Å². The van der Waals surface area contributed by atoms with Crippen molar-refractivity contribution in [2.24, 2.45) is 29.6 Å². The van der Waals surface area contributed by atoms with Crippen molar-refractivity contribution in [1.82, 2.24) is 9.88 Å². The number of esters is 1. The summed E-state index contributed by atoms with van der Waals surface area (Å²) >= 11 is 4.66. The van der Waals surface area contributed by atoms with Gasteiger partial charge in [-0.3, -0.25) is 24.1 Å². The number of hydrogen-bond acceptors (Lipinski definition) is 8. The van der Waals surface area contributed by atoms with Gasteiger partial charge >= 0.3 is 10.8 Å². The van der Waals surface area contributed by atoms with Gasteiger partial charge in [-0.05, 0) is 42.5 Å². The maximum Gasteiger partial charge on any atom is 0.307 e. The summed E-state index contributed by atoms with van der Waals surface area (Å²) < 4.78 is 4.97. The van der Waals surface area contributed by atoms with Crippen LogP contribution in [0.2, 0.25) is 0 Å². The van der Waals surface area contributed by atoms with Gasteiger partial charge in [0.2, 0.25) is 11.8 Å². The lowest BCUT2D eigenvalue weighted by Gasteiger charge is -2.42. The molecular weight excluding hydrogens is 468 g/mol. The van der Waals surface area contributed by atoms with E-state index in [0.717, 1.165) is 16.3 Å². The molecular formula is C22H22N2O5S3. The van der Waals surface area contributed by atoms with Crippen LogP contribution in [0.5, 0.6) is 0 Å². The minimum atomic E-state index is -0.386. The van der Waals surface area contributed by atoms with Gasteiger partial charge in [0, 0.05) is 27.5 Å². The molecule has 32 heavy (non-hydrogen) atoms. The minimum absolute atomic E-state index is 0.0397. The molecule has 0 spiro atoms. The van der Waals surface area contributed by atoms with Gasteiger partial charge in [-0.2, -0.15) is 0 Å². The number of aromatic amines is 1. The number of carbonyl (C=O) groups excluding carboxylic acids is 3. The molecule has 2 bridgehead atoms. The van der Waals surface area contributed by atoms with Crippen molar-refractivity contribution in [2.45, 2.75) is 36.0 Å². The Morgan fingerprint density at radius 2 is 2.00 bits per heavy atom. The highest BCUT2D eigenvalue weighted by Crippen LogP contribution is 2.68. The van der Waals surface area contributed by atoms with Crippen LogP contribution in [-0.2, 0) is 19.1 Å². The van der Waals surface area contributed by atoms with Crippen LogP contribution in [0.3, 0.4) is 0 Å². The second-order valence-corrected chi connectivity index (χ2v) is 12.0. The van der Waals surface area contributed by atoms with Gasteiger partial charge in [0.25, 0.3) is 0 Å². The Hall–Kier alpha value is -1.91. The molecule has 1 saturated heterocycles. The normalized spacial score (nSPS) is 34.5. The molecule has 0 aromatic carbocycles. The van der Waals surface area contributed by atoms with E-state index in [-0.39, 0.29) is 83.0 Å². The first-order valence-corrected chi connectivity index (χ1v) is 13.5. The first-order valence-electron chi connectivity index (χ1n) is 10.9. The van der Waals surface area contributed by atoms with Crippen LogP contribution in [0.4, 0.5) is 0 Å². The molecule has 6 rings (SSSR count). The van der Waals surface area contributed by atoms with E-state index in [1.165, 1.54) is 21.1 Å². The van der Waals surface area contributed by atoms with Crippen molar-refractivity contribution in [3.8, 4) is 0 Å². The maximum atomic E-state index is 13.4. The number of H-pyrrole nitrogens is 1. The van der Waals surface area contributed by atoms with Gasteiger partial charge in [-0.15, -0.1) is 23.1 Å². The molecule has 2 aliphatic carbocycles. The standard InChI is InChI=1S/C22H22N2O5S3/c1-2-29-12(25)5-6-24-20(26)14-9-8-10(15(14)21(24)27)17-13(9)16(11-4-3-7-30-11)18-19(31-17)23-22(28)32-18/h3-4,7,9-10,13-17H,2,5-6,8H2,1H3,(H,23,28)/t9-,10-,13-,14+,15-,16-,17+/m1/s1. The van der Waals surface area contributed by atoms with Crippen LogP contribution in [0, 0.1) is 29.6 Å². The van der Waals surface area contributed by atoms with Crippen molar-refractivity contribution >= 4 is 52.2 Å². The predicted molar refractivity (Wildman–Crippen MR) is 121 cm³/mol. The molecule has 3 fully saturated rings. The summed E-state index contributed by atoms with van der Waals surface area (Å²) in [6, 6.07) is 4.15.